The van der Waals surface area contributed by atoms with Gasteiger partial charge < -0.3 is 5.11 Å². The van der Waals surface area contributed by atoms with E-state index in [-0.39, 0.29) is 12.2 Å². The van der Waals surface area contributed by atoms with Crippen molar-refractivity contribution in [2.24, 2.45) is 0 Å². The predicted molar refractivity (Wildman–Crippen MR) is 79.0 cm³/mol. The Morgan fingerprint density at radius 2 is 2.19 bits per heavy atom. The highest BCUT2D eigenvalue weighted by atomic mass is 16.6. The van der Waals surface area contributed by atoms with Gasteiger partial charge in [-0.15, -0.1) is 0 Å². The normalized spacial score (nSPS) is 17.8. The standard InChI is InChI=1S/C14H24N4O3/c1-11(2)17(12-5-3-4-6-12)10-14(19)9-16-8-13(7-15-16)18(20)21/h7-8,11-12,14,19H,3-6,9-10H2,1-2H3. The highest BCUT2D eigenvalue weighted by Crippen LogP contribution is 2.25. The van der Waals surface area contributed by atoms with Crippen LogP contribution in [0.25, 0.3) is 0 Å². The fourth-order valence-electron chi connectivity index (χ4n) is 3.08. The first kappa shape index (κ1) is 15.9. The Morgan fingerprint density at radius 3 is 2.71 bits per heavy atom. The molecule has 1 heterocycles. The van der Waals surface area contributed by atoms with Crippen molar-refractivity contribution in [3.8, 4) is 0 Å². The molecule has 7 heteroatoms. The molecule has 1 atom stereocenters. The highest BCUT2D eigenvalue weighted by molar-refractivity contribution is 5.20. The molecule has 1 aromatic heterocycles. The summed E-state index contributed by atoms with van der Waals surface area (Å²) >= 11 is 0. The molecular formula is C14H24N4O3. The van der Waals surface area contributed by atoms with E-state index in [0.29, 0.717) is 18.6 Å². The van der Waals surface area contributed by atoms with Crippen LogP contribution in [0, 0.1) is 10.1 Å². The third-order valence-electron chi connectivity index (χ3n) is 4.11. The van der Waals surface area contributed by atoms with Gasteiger partial charge >= 0.3 is 5.69 Å². The van der Waals surface area contributed by atoms with Crippen LogP contribution in [-0.2, 0) is 6.54 Å². The van der Waals surface area contributed by atoms with E-state index in [2.05, 4.69) is 23.8 Å². The molecule has 1 aliphatic carbocycles. The fraction of sp³-hybridized carbons (Fsp3) is 0.786. The predicted octanol–water partition coefficient (Wildman–Crippen LogP) is 1.81. The molecule has 0 aliphatic heterocycles. The van der Waals surface area contributed by atoms with E-state index in [1.807, 2.05) is 0 Å². The van der Waals surface area contributed by atoms with Crippen LogP contribution in [0.5, 0.6) is 0 Å². The lowest BCUT2D eigenvalue weighted by Gasteiger charge is -2.34. The first-order valence-corrected chi connectivity index (χ1v) is 7.58. The lowest BCUT2D eigenvalue weighted by Crippen LogP contribution is -2.44. The molecule has 1 fully saturated rings. The van der Waals surface area contributed by atoms with Gasteiger partial charge in [-0.3, -0.25) is 19.7 Å². The van der Waals surface area contributed by atoms with E-state index in [0.717, 1.165) is 0 Å². The van der Waals surface area contributed by atoms with E-state index in [4.69, 9.17) is 0 Å². The first-order valence-electron chi connectivity index (χ1n) is 7.58. The maximum Gasteiger partial charge on any atom is 0.306 e. The molecule has 0 saturated heterocycles. The van der Waals surface area contributed by atoms with Crippen LogP contribution in [0.1, 0.15) is 39.5 Å². The van der Waals surface area contributed by atoms with Crippen LogP contribution in [-0.4, -0.2) is 49.4 Å². The van der Waals surface area contributed by atoms with Crippen molar-refractivity contribution in [3.05, 3.63) is 22.5 Å². The topological polar surface area (TPSA) is 84.4 Å². The second kappa shape index (κ2) is 7.00. The second-order valence-electron chi connectivity index (χ2n) is 6.06. The largest absolute Gasteiger partial charge is 0.390 e. The smallest absolute Gasteiger partial charge is 0.306 e. The number of nitrogens with zero attached hydrogens (tertiary/aromatic N) is 4. The molecule has 0 aromatic carbocycles. The zero-order valence-electron chi connectivity index (χ0n) is 12.7. The summed E-state index contributed by atoms with van der Waals surface area (Å²) in [5.41, 5.74) is -0.0429. The summed E-state index contributed by atoms with van der Waals surface area (Å²) in [7, 11) is 0. The van der Waals surface area contributed by atoms with Crippen LogP contribution >= 0.6 is 0 Å². The molecule has 1 unspecified atom stereocenters. The lowest BCUT2D eigenvalue weighted by atomic mass is 10.1. The summed E-state index contributed by atoms with van der Waals surface area (Å²) in [6, 6.07) is 0.932. The molecule has 0 amide bonds. The molecule has 1 saturated carbocycles. The van der Waals surface area contributed by atoms with Gasteiger partial charge in [-0.1, -0.05) is 12.8 Å². The average Bonchev–Trinajstić information content (AvgIpc) is 3.06. The van der Waals surface area contributed by atoms with E-state index in [1.165, 1.54) is 42.8 Å². The minimum atomic E-state index is -0.576. The van der Waals surface area contributed by atoms with Crippen molar-refractivity contribution in [1.29, 1.82) is 0 Å². The molecular weight excluding hydrogens is 272 g/mol. The monoisotopic (exact) mass is 296 g/mol. The Labute approximate surface area is 124 Å². The van der Waals surface area contributed by atoms with E-state index in [1.54, 1.807) is 0 Å². The summed E-state index contributed by atoms with van der Waals surface area (Å²) < 4.78 is 1.44. The van der Waals surface area contributed by atoms with Gasteiger partial charge in [0, 0.05) is 18.6 Å². The number of rotatable bonds is 7. The van der Waals surface area contributed by atoms with Gasteiger partial charge in [-0.25, -0.2) is 0 Å². The third kappa shape index (κ3) is 4.25. The molecule has 1 aromatic rings. The summed E-state index contributed by atoms with van der Waals surface area (Å²) in [5.74, 6) is 0. The molecule has 118 valence electrons. The quantitative estimate of drug-likeness (QED) is 0.612. The molecule has 1 N–H and O–H groups in total. The first-order chi connectivity index (χ1) is 9.97. The zero-order chi connectivity index (χ0) is 15.4. The molecule has 0 spiro atoms. The SMILES string of the molecule is CC(C)N(CC(O)Cn1cc([N+](=O)[O-])cn1)C1CCCC1. The molecule has 0 bridgehead atoms. The van der Waals surface area contributed by atoms with Gasteiger partial charge in [0.05, 0.1) is 17.6 Å². The highest BCUT2D eigenvalue weighted by Gasteiger charge is 2.26. The average molecular weight is 296 g/mol. The minimum Gasteiger partial charge on any atom is -0.390 e. The molecule has 21 heavy (non-hydrogen) atoms. The Bertz CT molecular complexity index is 469. The van der Waals surface area contributed by atoms with Crippen molar-refractivity contribution in [3.63, 3.8) is 0 Å². The minimum absolute atomic E-state index is 0.0429. The van der Waals surface area contributed by atoms with Crippen LogP contribution in [0.4, 0.5) is 5.69 Å². The Kier molecular flexibility index (Phi) is 5.30. The van der Waals surface area contributed by atoms with E-state index >= 15 is 0 Å². The Morgan fingerprint density at radius 1 is 1.52 bits per heavy atom. The van der Waals surface area contributed by atoms with Crippen molar-refractivity contribution < 1.29 is 10.0 Å². The second-order valence-corrected chi connectivity index (χ2v) is 6.06. The molecule has 2 rings (SSSR count). The number of aliphatic hydroxyl groups excluding tert-OH is 1. The van der Waals surface area contributed by atoms with Gasteiger partial charge in [-0.05, 0) is 26.7 Å². The zero-order valence-corrected chi connectivity index (χ0v) is 12.7. The van der Waals surface area contributed by atoms with Crippen LogP contribution in [0.3, 0.4) is 0 Å². The van der Waals surface area contributed by atoms with Gasteiger partial charge in [0.1, 0.15) is 12.4 Å². The Hall–Kier alpha value is -1.47. The summed E-state index contributed by atoms with van der Waals surface area (Å²) in [6.07, 6.45) is 6.90. The molecule has 0 radical (unpaired) electrons. The van der Waals surface area contributed by atoms with E-state index in [9.17, 15) is 15.2 Å². The van der Waals surface area contributed by atoms with Crippen molar-refractivity contribution in [2.75, 3.05) is 6.54 Å². The summed E-state index contributed by atoms with van der Waals surface area (Å²) in [5, 5.41) is 24.8. The fourth-order valence-corrected chi connectivity index (χ4v) is 3.08. The number of aliphatic hydroxyl groups is 1. The van der Waals surface area contributed by atoms with Crippen molar-refractivity contribution >= 4 is 5.69 Å². The summed E-state index contributed by atoms with van der Waals surface area (Å²) in [4.78, 5) is 12.5. The van der Waals surface area contributed by atoms with E-state index < -0.39 is 11.0 Å². The maximum atomic E-state index is 10.6. The van der Waals surface area contributed by atoms with Crippen LogP contribution in [0.2, 0.25) is 0 Å². The Balaban J connectivity index is 1.91. The van der Waals surface area contributed by atoms with Gasteiger partial charge in [0.2, 0.25) is 0 Å². The molecule has 7 nitrogen and oxygen atoms in total. The van der Waals surface area contributed by atoms with Gasteiger partial charge in [0.25, 0.3) is 0 Å². The number of nitro groups is 1. The summed E-state index contributed by atoms with van der Waals surface area (Å²) in [6.45, 7) is 5.15. The third-order valence-corrected chi connectivity index (χ3v) is 4.11. The van der Waals surface area contributed by atoms with Crippen molar-refractivity contribution in [1.82, 2.24) is 14.7 Å². The maximum absolute atomic E-state index is 10.6. The van der Waals surface area contributed by atoms with Gasteiger partial charge in [0.15, 0.2) is 0 Å². The van der Waals surface area contributed by atoms with Crippen LogP contribution < -0.4 is 0 Å². The molecule has 1 aliphatic rings. The van der Waals surface area contributed by atoms with Crippen LogP contribution in [0.15, 0.2) is 12.4 Å². The number of hydrogen-bond donors (Lipinski definition) is 1. The number of hydrogen-bond acceptors (Lipinski definition) is 5. The van der Waals surface area contributed by atoms with Crippen molar-refractivity contribution in [2.45, 2.75) is 64.3 Å². The lowest BCUT2D eigenvalue weighted by molar-refractivity contribution is -0.385. The number of aromatic nitrogens is 2. The van der Waals surface area contributed by atoms with Gasteiger partial charge in [-0.2, -0.15) is 5.10 Å².